The summed E-state index contributed by atoms with van der Waals surface area (Å²) in [6, 6.07) is 8.94. The first-order valence-corrected chi connectivity index (χ1v) is 9.88. The van der Waals surface area contributed by atoms with E-state index in [9.17, 15) is 4.79 Å². The molecule has 3 rings (SSSR count). The Balaban J connectivity index is 1.72. The lowest BCUT2D eigenvalue weighted by molar-refractivity contribution is -0.138. The average molecular weight is 379 g/mol. The van der Waals surface area contributed by atoms with E-state index in [0.717, 1.165) is 21.8 Å². The van der Waals surface area contributed by atoms with Crippen LogP contribution in [0.15, 0.2) is 29.6 Å². The van der Waals surface area contributed by atoms with E-state index in [4.69, 9.17) is 11.6 Å². The smallest absolute Gasteiger partial charge is 0.325 e. The molecule has 1 aromatic heterocycles. The van der Waals surface area contributed by atoms with Crippen molar-refractivity contribution in [2.75, 3.05) is 24.3 Å². The average Bonchev–Trinajstić information content (AvgIpc) is 3.01. The fourth-order valence-corrected chi connectivity index (χ4v) is 4.47. The van der Waals surface area contributed by atoms with Gasteiger partial charge in [0.25, 0.3) is 0 Å². The summed E-state index contributed by atoms with van der Waals surface area (Å²) >= 11 is 8.07. The molecule has 6 heteroatoms. The van der Waals surface area contributed by atoms with Gasteiger partial charge in [-0.2, -0.15) is 0 Å². The van der Waals surface area contributed by atoms with Crippen LogP contribution in [-0.4, -0.2) is 25.7 Å². The first-order chi connectivity index (χ1) is 12.2. The fourth-order valence-electron chi connectivity index (χ4n) is 3.13. The number of thiophene rings is 1. The summed E-state index contributed by atoms with van der Waals surface area (Å²) in [6.07, 6.45) is 6.45. The summed E-state index contributed by atoms with van der Waals surface area (Å²) in [5.41, 5.74) is 2.98. The predicted octanol–water partition coefficient (Wildman–Crippen LogP) is 5.40. The van der Waals surface area contributed by atoms with E-state index >= 15 is 0 Å². The highest BCUT2D eigenvalue weighted by atomic mass is 35.5. The monoisotopic (exact) mass is 378 g/mol. The minimum atomic E-state index is -0.317. The number of ether oxygens (including phenoxy) is 1. The molecule has 0 amide bonds. The molecule has 25 heavy (non-hydrogen) atoms. The van der Waals surface area contributed by atoms with Gasteiger partial charge >= 0.3 is 5.97 Å². The van der Waals surface area contributed by atoms with Crippen LogP contribution in [0.2, 0.25) is 5.02 Å². The highest BCUT2D eigenvalue weighted by Crippen LogP contribution is 2.40. The van der Waals surface area contributed by atoms with Gasteiger partial charge in [0.05, 0.1) is 22.7 Å². The van der Waals surface area contributed by atoms with Crippen molar-refractivity contribution < 1.29 is 9.53 Å². The molecule has 1 aliphatic carbocycles. The Hall–Kier alpha value is -1.72. The number of carbonyl (C=O) groups is 1. The van der Waals surface area contributed by atoms with Crippen molar-refractivity contribution in [1.82, 2.24) is 0 Å². The quantitative estimate of drug-likeness (QED) is 0.661. The zero-order valence-corrected chi connectivity index (χ0v) is 15.9. The Morgan fingerprint density at radius 1 is 1.32 bits per heavy atom. The molecule has 0 aliphatic heterocycles. The van der Waals surface area contributed by atoms with Gasteiger partial charge in [0.15, 0.2) is 0 Å². The number of rotatable bonds is 6. The maximum absolute atomic E-state index is 11.3. The van der Waals surface area contributed by atoms with Crippen molar-refractivity contribution in [2.45, 2.75) is 38.1 Å². The van der Waals surface area contributed by atoms with Gasteiger partial charge < -0.3 is 15.4 Å². The van der Waals surface area contributed by atoms with Gasteiger partial charge in [-0.3, -0.25) is 4.79 Å². The van der Waals surface area contributed by atoms with Gasteiger partial charge in [0, 0.05) is 17.1 Å². The SMILES string of the molecule is COC(=O)CNc1csc(-c2cccc(NC3CCCCC3)c2)c1Cl. The Labute approximate surface area is 157 Å². The molecule has 0 saturated heterocycles. The molecule has 0 unspecified atom stereocenters. The molecule has 2 aromatic rings. The zero-order chi connectivity index (χ0) is 17.6. The van der Waals surface area contributed by atoms with Crippen LogP contribution in [0.3, 0.4) is 0 Å². The largest absolute Gasteiger partial charge is 0.468 e. The molecule has 1 heterocycles. The second-order valence-electron chi connectivity index (χ2n) is 6.28. The molecule has 0 atom stereocenters. The second kappa shape index (κ2) is 8.59. The van der Waals surface area contributed by atoms with E-state index in [1.165, 1.54) is 39.2 Å². The highest BCUT2D eigenvalue weighted by Gasteiger charge is 2.15. The summed E-state index contributed by atoms with van der Waals surface area (Å²) in [6.45, 7) is 0.107. The molecule has 1 saturated carbocycles. The highest BCUT2D eigenvalue weighted by molar-refractivity contribution is 7.15. The Morgan fingerprint density at radius 3 is 2.88 bits per heavy atom. The van der Waals surface area contributed by atoms with Crippen LogP contribution in [0.25, 0.3) is 10.4 Å². The predicted molar refractivity (Wildman–Crippen MR) is 106 cm³/mol. The first-order valence-electron chi connectivity index (χ1n) is 8.62. The van der Waals surface area contributed by atoms with Gasteiger partial charge in [0.2, 0.25) is 0 Å². The van der Waals surface area contributed by atoms with Crippen molar-refractivity contribution in [3.63, 3.8) is 0 Å². The fraction of sp³-hybridized carbons (Fsp3) is 0.421. The van der Waals surface area contributed by atoms with E-state index in [-0.39, 0.29) is 12.5 Å². The van der Waals surface area contributed by atoms with Crippen LogP contribution in [0.5, 0.6) is 0 Å². The molecule has 1 aromatic carbocycles. The summed E-state index contributed by atoms with van der Waals surface area (Å²) in [5.74, 6) is -0.317. The van der Waals surface area contributed by atoms with Gasteiger partial charge in [0.1, 0.15) is 6.54 Å². The minimum Gasteiger partial charge on any atom is -0.468 e. The third-order valence-corrected chi connectivity index (χ3v) is 6.02. The molecule has 1 fully saturated rings. The number of hydrogen-bond acceptors (Lipinski definition) is 5. The van der Waals surface area contributed by atoms with Crippen molar-refractivity contribution in [2.24, 2.45) is 0 Å². The minimum absolute atomic E-state index is 0.107. The van der Waals surface area contributed by atoms with Crippen molar-refractivity contribution >= 4 is 40.3 Å². The first kappa shape index (κ1) is 18.1. The summed E-state index contributed by atoms with van der Waals surface area (Å²) in [4.78, 5) is 12.3. The lowest BCUT2D eigenvalue weighted by Crippen LogP contribution is -2.22. The molecular weight excluding hydrogens is 356 g/mol. The second-order valence-corrected chi connectivity index (χ2v) is 7.54. The number of benzene rings is 1. The molecule has 0 radical (unpaired) electrons. The van der Waals surface area contributed by atoms with Gasteiger partial charge in [-0.15, -0.1) is 11.3 Å². The molecule has 0 bridgehead atoms. The number of nitrogens with one attached hydrogen (secondary N) is 2. The van der Waals surface area contributed by atoms with Crippen molar-refractivity contribution in [1.29, 1.82) is 0 Å². The molecule has 4 nitrogen and oxygen atoms in total. The number of carbonyl (C=O) groups excluding carboxylic acids is 1. The lowest BCUT2D eigenvalue weighted by atomic mass is 9.95. The molecule has 1 aliphatic rings. The zero-order valence-electron chi connectivity index (χ0n) is 14.3. The van der Waals surface area contributed by atoms with Gasteiger partial charge in [-0.05, 0) is 30.5 Å². The standard InChI is InChI=1S/C19H23ClN2O2S/c1-24-17(23)11-21-16-12-25-19(18(16)20)13-6-5-9-15(10-13)22-14-7-3-2-4-8-14/h5-6,9-10,12,14,21-22H,2-4,7-8,11H2,1H3. The van der Waals surface area contributed by atoms with Crippen LogP contribution >= 0.6 is 22.9 Å². The van der Waals surface area contributed by atoms with Crippen molar-refractivity contribution in [3.05, 3.63) is 34.7 Å². The van der Waals surface area contributed by atoms with E-state index in [0.29, 0.717) is 11.1 Å². The summed E-state index contributed by atoms with van der Waals surface area (Å²) < 4.78 is 4.64. The topological polar surface area (TPSA) is 50.4 Å². The van der Waals surface area contributed by atoms with Crippen LogP contribution in [-0.2, 0) is 9.53 Å². The van der Waals surface area contributed by atoms with Crippen molar-refractivity contribution in [3.8, 4) is 10.4 Å². The van der Waals surface area contributed by atoms with E-state index in [1.54, 1.807) is 11.3 Å². The third-order valence-electron chi connectivity index (χ3n) is 4.48. The number of esters is 1. The van der Waals surface area contributed by atoms with E-state index in [2.05, 4.69) is 39.6 Å². The van der Waals surface area contributed by atoms with E-state index in [1.807, 2.05) is 5.38 Å². The molecule has 134 valence electrons. The maximum Gasteiger partial charge on any atom is 0.325 e. The third kappa shape index (κ3) is 4.67. The number of hydrogen-bond donors (Lipinski definition) is 2. The number of halogens is 1. The Morgan fingerprint density at radius 2 is 2.12 bits per heavy atom. The molecular formula is C19H23ClN2O2S. The summed E-state index contributed by atoms with van der Waals surface area (Å²) in [7, 11) is 1.37. The normalized spacial score (nSPS) is 15.0. The van der Waals surface area contributed by atoms with E-state index < -0.39 is 0 Å². The molecule has 0 spiro atoms. The summed E-state index contributed by atoms with van der Waals surface area (Å²) in [5, 5.41) is 9.25. The van der Waals surface area contributed by atoms with Gasteiger partial charge in [-0.1, -0.05) is 43.0 Å². The number of methoxy groups -OCH3 is 1. The maximum atomic E-state index is 11.3. The van der Waals surface area contributed by atoms with Crippen LogP contribution < -0.4 is 10.6 Å². The lowest BCUT2D eigenvalue weighted by Gasteiger charge is -2.24. The van der Waals surface area contributed by atoms with Crippen LogP contribution in [0.1, 0.15) is 32.1 Å². The Bertz CT molecular complexity index is 726. The van der Waals surface area contributed by atoms with Crippen LogP contribution in [0, 0.1) is 0 Å². The Kier molecular flexibility index (Phi) is 6.21. The molecule has 2 N–H and O–H groups in total. The van der Waals surface area contributed by atoms with Crippen LogP contribution in [0.4, 0.5) is 11.4 Å². The number of anilines is 2. The van der Waals surface area contributed by atoms with Gasteiger partial charge in [-0.25, -0.2) is 0 Å².